The molecule has 0 aliphatic carbocycles. The van der Waals surface area contributed by atoms with Gasteiger partial charge in [0.05, 0.1) is 5.69 Å². The van der Waals surface area contributed by atoms with E-state index in [1.165, 1.54) is 13.8 Å². The highest BCUT2D eigenvalue weighted by Gasteiger charge is 2.26. The summed E-state index contributed by atoms with van der Waals surface area (Å²) in [5.74, 6) is -0.616. The fourth-order valence-electron chi connectivity index (χ4n) is 3.41. The number of H-pyrrole nitrogens is 1. The van der Waals surface area contributed by atoms with Crippen molar-refractivity contribution in [3.63, 3.8) is 0 Å². The molecule has 0 amide bonds. The number of carbonyl (C=O) groups is 3. The molecule has 6 nitrogen and oxygen atoms in total. The largest absolute Gasteiger partial charge is 0.482 e. The van der Waals surface area contributed by atoms with Gasteiger partial charge in [0, 0.05) is 11.3 Å². The van der Waals surface area contributed by atoms with Crippen LogP contribution in [0.1, 0.15) is 46.0 Å². The lowest BCUT2D eigenvalue weighted by Gasteiger charge is -2.13. The summed E-state index contributed by atoms with van der Waals surface area (Å²) in [4.78, 5) is 39.4. The smallest absolute Gasteiger partial charge is 0.344 e. The molecule has 1 heterocycles. The van der Waals surface area contributed by atoms with E-state index in [1.807, 2.05) is 36.4 Å². The van der Waals surface area contributed by atoms with Gasteiger partial charge in [-0.05, 0) is 56.2 Å². The average Bonchev–Trinajstić information content (AvgIpc) is 2.99. The number of aromatic nitrogens is 1. The minimum atomic E-state index is -1.00. The van der Waals surface area contributed by atoms with Crippen LogP contribution >= 0.6 is 0 Å². The maximum absolute atomic E-state index is 12.6. The van der Waals surface area contributed by atoms with E-state index in [2.05, 4.69) is 4.98 Å². The van der Waals surface area contributed by atoms with Crippen LogP contribution < -0.4 is 4.74 Å². The van der Waals surface area contributed by atoms with Crippen molar-refractivity contribution in [2.75, 3.05) is 6.61 Å². The topological polar surface area (TPSA) is 85.5 Å². The quantitative estimate of drug-likeness (QED) is 0.481. The molecule has 1 atom stereocenters. The van der Waals surface area contributed by atoms with E-state index < -0.39 is 17.9 Å². The van der Waals surface area contributed by atoms with E-state index in [-0.39, 0.29) is 18.1 Å². The second-order valence-corrected chi connectivity index (χ2v) is 6.98. The van der Waals surface area contributed by atoms with Gasteiger partial charge in [-0.2, -0.15) is 0 Å². The molecule has 0 aliphatic rings. The number of aromatic amines is 1. The van der Waals surface area contributed by atoms with Crippen LogP contribution in [0.3, 0.4) is 0 Å². The molecule has 3 rings (SSSR count). The van der Waals surface area contributed by atoms with Crippen molar-refractivity contribution in [3.05, 3.63) is 65.0 Å². The van der Waals surface area contributed by atoms with Crippen LogP contribution in [-0.2, 0) is 9.53 Å². The highest BCUT2D eigenvalue weighted by Crippen LogP contribution is 2.22. The van der Waals surface area contributed by atoms with Gasteiger partial charge in [-0.25, -0.2) is 4.79 Å². The Labute approximate surface area is 168 Å². The number of rotatable bonds is 7. The molecule has 0 saturated heterocycles. The molecular formula is C23H23NO5. The van der Waals surface area contributed by atoms with Crippen LogP contribution in [0.15, 0.2) is 42.5 Å². The summed E-state index contributed by atoms with van der Waals surface area (Å²) in [5, 5.41) is 2.07. The predicted molar refractivity (Wildman–Crippen MR) is 110 cm³/mol. The normalized spacial score (nSPS) is 11.9. The first-order valence-corrected chi connectivity index (χ1v) is 9.33. The molecule has 0 bridgehead atoms. The zero-order valence-electron chi connectivity index (χ0n) is 16.9. The van der Waals surface area contributed by atoms with Gasteiger partial charge in [0.2, 0.25) is 5.78 Å². The van der Waals surface area contributed by atoms with Gasteiger partial charge in [-0.3, -0.25) is 9.59 Å². The molecule has 1 aromatic heterocycles. The number of benzene rings is 2. The summed E-state index contributed by atoms with van der Waals surface area (Å²) in [5.41, 5.74) is 1.96. The number of hydrogen-bond donors (Lipinski definition) is 1. The number of ketones is 2. The lowest BCUT2D eigenvalue weighted by molar-refractivity contribution is -0.148. The number of carbonyl (C=O) groups excluding carboxylic acids is 3. The molecule has 150 valence electrons. The van der Waals surface area contributed by atoms with E-state index in [0.29, 0.717) is 22.6 Å². The Bertz CT molecular complexity index is 1100. The van der Waals surface area contributed by atoms with Crippen molar-refractivity contribution in [2.45, 2.75) is 33.8 Å². The van der Waals surface area contributed by atoms with E-state index in [9.17, 15) is 14.4 Å². The Morgan fingerprint density at radius 3 is 2.38 bits per heavy atom. The maximum atomic E-state index is 12.6. The number of aryl methyl sites for hydroxylation is 1. The van der Waals surface area contributed by atoms with Crippen LogP contribution in [0.4, 0.5) is 0 Å². The Morgan fingerprint density at radius 2 is 1.72 bits per heavy atom. The highest BCUT2D eigenvalue weighted by atomic mass is 16.6. The average molecular weight is 393 g/mol. The van der Waals surface area contributed by atoms with E-state index in [0.717, 1.165) is 10.8 Å². The maximum Gasteiger partial charge on any atom is 0.344 e. The molecule has 0 radical (unpaired) electrons. The minimum absolute atomic E-state index is 0.122. The zero-order valence-corrected chi connectivity index (χ0v) is 16.9. The standard InChI is InChI=1S/C23H23NO5/c1-13-21(15(3)25)14(2)24-22(13)23(27)16(4)29-20(26)12-28-19-10-9-17-7-5-6-8-18(17)11-19/h5-11,16,24H,12H2,1-4H3/t16-/m1/s1. The number of hydrogen-bond acceptors (Lipinski definition) is 5. The van der Waals surface area contributed by atoms with Crippen molar-refractivity contribution in [1.29, 1.82) is 0 Å². The molecule has 29 heavy (non-hydrogen) atoms. The third-order valence-corrected chi connectivity index (χ3v) is 4.79. The van der Waals surface area contributed by atoms with Gasteiger partial charge in [-0.15, -0.1) is 0 Å². The second kappa shape index (κ2) is 8.31. The van der Waals surface area contributed by atoms with Crippen LogP contribution in [0.5, 0.6) is 5.75 Å². The first kappa shape index (κ1) is 20.3. The molecule has 1 N–H and O–H groups in total. The molecule has 3 aromatic rings. The Balaban J connectivity index is 1.62. The van der Waals surface area contributed by atoms with Gasteiger partial charge < -0.3 is 14.5 Å². The van der Waals surface area contributed by atoms with Crippen molar-refractivity contribution < 1.29 is 23.9 Å². The number of esters is 1. The minimum Gasteiger partial charge on any atom is -0.482 e. The van der Waals surface area contributed by atoms with Crippen LogP contribution in [0.25, 0.3) is 10.8 Å². The summed E-state index contributed by atoms with van der Waals surface area (Å²) >= 11 is 0. The van der Waals surface area contributed by atoms with E-state index in [4.69, 9.17) is 9.47 Å². The SMILES string of the molecule is CC(=O)c1c(C)[nH]c(C(=O)[C@@H](C)OC(=O)COc2ccc3ccccc3c2)c1C. The Kier molecular flexibility index (Phi) is 5.82. The first-order chi connectivity index (χ1) is 13.8. The molecule has 2 aromatic carbocycles. The highest BCUT2D eigenvalue weighted by molar-refractivity contribution is 6.05. The zero-order chi connectivity index (χ0) is 21.1. The van der Waals surface area contributed by atoms with Crippen LogP contribution in [0.2, 0.25) is 0 Å². The number of ether oxygens (including phenoxy) is 2. The predicted octanol–water partition coefficient (Wildman–Crippen LogP) is 4.18. The number of fused-ring (bicyclic) bond motifs is 1. The summed E-state index contributed by atoms with van der Waals surface area (Å²) in [6.07, 6.45) is -1.00. The molecule has 0 aliphatic heterocycles. The summed E-state index contributed by atoms with van der Waals surface area (Å²) in [6.45, 7) is 6.07. The van der Waals surface area contributed by atoms with Crippen LogP contribution in [0, 0.1) is 13.8 Å². The molecular weight excluding hydrogens is 370 g/mol. The fourth-order valence-corrected chi connectivity index (χ4v) is 3.41. The summed E-state index contributed by atoms with van der Waals surface area (Å²) < 4.78 is 10.7. The summed E-state index contributed by atoms with van der Waals surface area (Å²) in [7, 11) is 0. The van der Waals surface area contributed by atoms with Gasteiger partial charge in [0.15, 0.2) is 18.5 Å². The number of Topliss-reactive ketones (excluding diaryl/α,β-unsaturated/α-hetero) is 2. The van der Waals surface area contributed by atoms with Crippen LogP contribution in [-0.4, -0.2) is 35.2 Å². The summed E-state index contributed by atoms with van der Waals surface area (Å²) in [6, 6.07) is 13.3. The third kappa shape index (κ3) is 4.37. The van der Waals surface area contributed by atoms with Crippen molar-refractivity contribution in [2.24, 2.45) is 0 Å². The lowest BCUT2D eigenvalue weighted by Crippen LogP contribution is -2.28. The molecule has 0 saturated carbocycles. The van der Waals surface area contributed by atoms with Gasteiger partial charge >= 0.3 is 5.97 Å². The molecule has 0 unspecified atom stereocenters. The van der Waals surface area contributed by atoms with Crippen molar-refractivity contribution in [3.8, 4) is 5.75 Å². The molecule has 0 spiro atoms. The Hall–Kier alpha value is -3.41. The van der Waals surface area contributed by atoms with E-state index in [1.54, 1.807) is 19.9 Å². The second-order valence-electron chi connectivity index (χ2n) is 6.98. The lowest BCUT2D eigenvalue weighted by atomic mass is 10.0. The molecule has 6 heteroatoms. The third-order valence-electron chi connectivity index (χ3n) is 4.79. The monoisotopic (exact) mass is 393 g/mol. The molecule has 0 fully saturated rings. The Morgan fingerprint density at radius 1 is 1.03 bits per heavy atom. The van der Waals surface area contributed by atoms with Crippen molar-refractivity contribution in [1.82, 2.24) is 4.98 Å². The van der Waals surface area contributed by atoms with Gasteiger partial charge in [0.1, 0.15) is 5.75 Å². The van der Waals surface area contributed by atoms with Gasteiger partial charge in [0.25, 0.3) is 0 Å². The van der Waals surface area contributed by atoms with E-state index >= 15 is 0 Å². The van der Waals surface area contributed by atoms with Gasteiger partial charge in [-0.1, -0.05) is 30.3 Å². The first-order valence-electron chi connectivity index (χ1n) is 9.33. The van der Waals surface area contributed by atoms with Crippen molar-refractivity contribution >= 4 is 28.3 Å². The number of nitrogens with one attached hydrogen (secondary N) is 1. The fraction of sp³-hybridized carbons (Fsp3) is 0.261.